The van der Waals surface area contributed by atoms with Crippen molar-refractivity contribution in [3.63, 3.8) is 0 Å². The highest BCUT2D eigenvalue weighted by Crippen LogP contribution is 2.30. The molecule has 0 unspecified atom stereocenters. The van der Waals surface area contributed by atoms with Gasteiger partial charge in [0.05, 0.1) is 23.7 Å². The van der Waals surface area contributed by atoms with Gasteiger partial charge in [0, 0.05) is 16.8 Å². The Balaban J connectivity index is 2.28. The number of anilines is 3. The highest BCUT2D eigenvalue weighted by Gasteiger charge is 2.19. The van der Waals surface area contributed by atoms with E-state index >= 15 is 0 Å². The number of nitrogens with zero attached hydrogens (tertiary/aromatic N) is 1. The predicted octanol–water partition coefficient (Wildman–Crippen LogP) is 3.83. The zero-order chi connectivity index (χ0) is 19.7. The Morgan fingerprint density at radius 2 is 2.07 bits per heavy atom. The highest BCUT2D eigenvalue weighted by molar-refractivity contribution is 6.32. The first-order valence-electron chi connectivity index (χ1n) is 7.79. The number of carbonyl (C=O) groups excluding carboxylic acids is 1. The Morgan fingerprint density at radius 3 is 2.70 bits per heavy atom. The maximum absolute atomic E-state index is 12.9. The largest absolute Gasteiger partial charge is 0.733 e. The zero-order valence-electron chi connectivity index (χ0n) is 14.4. The van der Waals surface area contributed by atoms with Crippen LogP contribution in [0.2, 0.25) is 5.02 Å². The van der Waals surface area contributed by atoms with Gasteiger partial charge in [-0.3, -0.25) is 14.8 Å². The molecule has 1 heterocycles. The lowest BCUT2D eigenvalue weighted by Gasteiger charge is -2.24. The van der Waals surface area contributed by atoms with Gasteiger partial charge in [-0.15, -0.1) is 0 Å². The summed E-state index contributed by atoms with van der Waals surface area (Å²) in [6.07, 6.45) is 0. The van der Waals surface area contributed by atoms with Crippen molar-refractivity contribution >= 4 is 45.5 Å². The number of nitrogens with one attached hydrogen (secondary N) is 2. The molecule has 3 rings (SSSR count). The van der Waals surface area contributed by atoms with Gasteiger partial charge in [0.1, 0.15) is 17.1 Å². The smallest absolute Gasteiger partial charge is 0.202 e. The highest BCUT2D eigenvalue weighted by atomic mass is 35.5. The van der Waals surface area contributed by atoms with Gasteiger partial charge in [0.25, 0.3) is 0 Å². The van der Waals surface area contributed by atoms with E-state index in [1.54, 1.807) is 24.3 Å². The SMILES string of the molecule is COc1cccc(Nc2[nH]c3c(N([O-])O)cc(Cl)cc3c(=O)c2C(C)=O)c1. The molecule has 0 atom stereocenters. The van der Waals surface area contributed by atoms with Crippen LogP contribution in [-0.4, -0.2) is 23.1 Å². The zero-order valence-corrected chi connectivity index (χ0v) is 15.1. The summed E-state index contributed by atoms with van der Waals surface area (Å²) in [6.45, 7) is 1.25. The molecule has 0 fully saturated rings. The van der Waals surface area contributed by atoms with Gasteiger partial charge in [-0.1, -0.05) is 17.7 Å². The fourth-order valence-corrected chi connectivity index (χ4v) is 2.98. The first kappa shape index (κ1) is 18.7. The van der Waals surface area contributed by atoms with Crippen LogP contribution in [0.15, 0.2) is 41.2 Å². The summed E-state index contributed by atoms with van der Waals surface area (Å²) in [5, 5.41) is 23.5. The van der Waals surface area contributed by atoms with Crippen molar-refractivity contribution in [2.45, 2.75) is 6.92 Å². The summed E-state index contributed by atoms with van der Waals surface area (Å²) in [7, 11) is 1.51. The third kappa shape index (κ3) is 3.59. The molecule has 0 aliphatic heterocycles. The van der Waals surface area contributed by atoms with Gasteiger partial charge >= 0.3 is 0 Å². The predicted molar refractivity (Wildman–Crippen MR) is 103 cm³/mol. The number of halogens is 1. The van der Waals surface area contributed by atoms with Gasteiger partial charge in [0.15, 0.2) is 5.78 Å². The van der Waals surface area contributed by atoms with E-state index in [0.29, 0.717) is 11.4 Å². The van der Waals surface area contributed by atoms with E-state index < -0.39 is 16.4 Å². The van der Waals surface area contributed by atoms with Crippen LogP contribution >= 0.6 is 11.6 Å². The number of pyridine rings is 1. The molecule has 0 amide bonds. The molecular formula is C18H15ClN3O5-. The lowest BCUT2D eigenvalue weighted by atomic mass is 10.1. The molecule has 0 bridgehead atoms. The van der Waals surface area contributed by atoms with Crippen molar-refractivity contribution in [2.75, 3.05) is 17.7 Å². The number of hydrogen-bond acceptors (Lipinski definition) is 7. The van der Waals surface area contributed by atoms with Crippen molar-refractivity contribution in [3.05, 3.63) is 62.4 Å². The van der Waals surface area contributed by atoms with E-state index in [1.807, 2.05) is 0 Å². The van der Waals surface area contributed by atoms with Crippen molar-refractivity contribution in [1.82, 2.24) is 4.98 Å². The minimum atomic E-state index is -0.618. The molecule has 1 aromatic heterocycles. The number of rotatable bonds is 5. The molecule has 0 saturated carbocycles. The van der Waals surface area contributed by atoms with Gasteiger partial charge < -0.3 is 25.5 Å². The fourth-order valence-electron chi connectivity index (χ4n) is 2.76. The standard InChI is InChI=1S/C18H15ClN3O5/c1-9(23)15-17(24)13-6-10(19)7-14(22(25)26)16(13)21-18(15)20-11-4-3-5-12(8-11)27-2/h3-8,25H,1-2H3,(H2,20,21,24)/q-1. The van der Waals surface area contributed by atoms with Crippen LogP contribution in [0.4, 0.5) is 17.2 Å². The number of ketones is 1. The van der Waals surface area contributed by atoms with E-state index in [-0.39, 0.29) is 33.0 Å². The second-order valence-corrected chi connectivity index (χ2v) is 6.17. The summed E-state index contributed by atoms with van der Waals surface area (Å²) in [5.74, 6) is 0.174. The van der Waals surface area contributed by atoms with Crippen LogP contribution in [0.25, 0.3) is 10.9 Å². The fraction of sp³-hybridized carbons (Fsp3) is 0.111. The number of hydrogen-bond donors (Lipinski definition) is 3. The summed E-state index contributed by atoms with van der Waals surface area (Å²) in [5.41, 5.74) is -0.415. The lowest BCUT2D eigenvalue weighted by Crippen LogP contribution is -2.19. The molecule has 0 radical (unpaired) electrons. The number of Topliss-reactive ketones (excluding diaryl/α,β-unsaturated/α-hetero) is 1. The van der Waals surface area contributed by atoms with Crippen molar-refractivity contribution in [2.24, 2.45) is 0 Å². The van der Waals surface area contributed by atoms with Crippen LogP contribution in [0.5, 0.6) is 5.75 Å². The number of methoxy groups -OCH3 is 1. The van der Waals surface area contributed by atoms with Crippen molar-refractivity contribution in [3.8, 4) is 5.75 Å². The molecule has 0 aliphatic rings. The second kappa shape index (κ2) is 7.28. The van der Waals surface area contributed by atoms with Gasteiger partial charge in [0.2, 0.25) is 5.43 Å². The Morgan fingerprint density at radius 1 is 1.33 bits per heavy atom. The summed E-state index contributed by atoms with van der Waals surface area (Å²) < 4.78 is 5.15. The topological polar surface area (TPSA) is 118 Å². The molecule has 8 nitrogen and oxygen atoms in total. The molecule has 3 aromatic rings. The number of fused-ring (bicyclic) bond motifs is 1. The summed E-state index contributed by atoms with van der Waals surface area (Å²) in [6, 6.07) is 9.37. The van der Waals surface area contributed by atoms with Crippen molar-refractivity contribution < 1.29 is 14.7 Å². The van der Waals surface area contributed by atoms with Gasteiger partial charge in [-0.2, -0.15) is 0 Å². The molecule has 27 heavy (non-hydrogen) atoms. The summed E-state index contributed by atoms with van der Waals surface area (Å²) in [4.78, 5) is 27.8. The van der Waals surface area contributed by atoms with E-state index in [2.05, 4.69) is 10.3 Å². The molecule has 2 aromatic carbocycles. The quantitative estimate of drug-likeness (QED) is 0.449. The Labute approximate surface area is 158 Å². The van der Waals surface area contributed by atoms with E-state index in [4.69, 9.17) is 16.3 Å². The number of ether oxygens (including phenoxy) is 1. The van der Waals surface area contributed by atoms with Crippen LogP contribution in [0.3, 0.4) is 0 Å². The van der Waals surface area contributed by atoms with Crippen LogP contribution in [0, 0.1) is 5.21 Å². The van der Waals surface area contributed by atoms with Gasteiger partial charge in [-0.05, 0) is 31.2 Å². The number of H-pyrrole nitrogens is 1. The maximum Gasteiger partial charge on any atom is 0.202 e. The van der Waals surface area contributed by atoms with Crippen LogP contribution in [-0.2, 0) is 0 Å². The molecule has 0 spiro atoms. The third-order valence-corrected chi connectivity index (χ3v) is 4.17. The molecule has 3 N–H and O–H groups in total. The molecule has 9 heteroatoms. The first-order chi connectivity index (χ1) is 12.8. The molecule has 0 saturated heterocycles. The maximum atomic E-state index is 12.9. The first-order valence-corrected chi connectivity index (χ1v) is 8.17. The monoisotopic (exact) mass is 388 g/mol. The Hall–Kier alpha value is -3.07. The average molecular weight is 389 g/mol. The Kier molecular flexibility index (Phi) is 5.04. The molecule has 140 valence electrons. The third-order valence-electron chi connectivity index (χ3n) is 3.95. The van der Waals surface area contributed by atoms with E-state index in [0.717, 1.165) is 0 Å². The minimum absolute atomic E-state index is 0.00814. The lowest BCUT2D eigenvalue weighted by molar-refractivity contribution is 0.101. The average Bonchev–Trinajstić information content (AvgIpc) is 2.61. The van der Waals surface area contributed by atoms with Gasteiger partial charge in [-0.25, -0.2) is 0 Å². The van der Waals surface area contributed by atoms with Crippen LogP contribution in [0.1, 0.15) is 17.3 Å². The molecular weight excluding hydrogens is 374 g/mol. The van der Waals surface area contributed by atoms with E-state index in [1.165, 1.54) is 26.2 Å². The number of aromatic nitrogens is 1. The van der Waals surface area contributed by atoms with Crippen LogP contribution < -0.4 is 20.7 Å². The minimum Gasteiger partial charge on any atom is -0.733 e. The Bertz CT molecular complexity index is 1090. The second-order valence-electron chi connectivity index (χ2n) is 5.74. The number of benzene rings is 2. The van der Waals surface area contributed by atoms with Crippen molar-refractivity contribution in [1.29, 1.82) is 0 Å². The normalized spacial score (nSPS) is 10.7. The van der Waals surface area contributed by atoms with E-state index in [9.17, 15) is 20.0 Å². The molecule has 0 aliphatic carbocycles. The number of aromatic amines is 1. The summed E-state index contributed by atoms with van der Waals surface area (Å²) >= 11 is 5.93. The number of carbonyl (C=O) groups is 1.